The molecule has 5 heteroatoms. The summed E-state index contributed by atoms with van der Waals surface area (Å²) in [4.78, 5) is 12.4. The summed E-state index contributed by atoms with van der Waals surface area (Å²) in [7, 11) is 0. The Balaban J connectivity index is 3.79. The number of unbranched alkanes of at least 4 members (excludes halogenated alkanes) is 21. The van der Waals surface area contributed by atoms with Crippen molar-refractivity contribution in [2.45, 2.75) is 193 Å². The van der Waals surface area contributed by atoms with Gasteiger partial charge in [-0.2, -0.15) is 0 Å². The predicted octanol–water partition coefficient (Wildman–Crippen LogP) is 9.09. The Labute approximate surface area is 254 Å². The number of rotatable bonds is 31. The highest BCUT2D eigenvalue weighted by molar-refractivity contribution is 5.80. The molecule has 0 aromatic carbocycles. The highest BCUT2D eigenvalue weighted by Crippen LogP contribution is 2.14. The zero-order valence-corrected chi connectivity index (χ0v) is 27.2. The molecule has 0 fully saturated rings. The lowest BCUT2D eigenvalue weighted by Crippen LogP contribution is -2.48. The quantitative estimate of drug-likeness (QED) is 0.0487. The van der Waals surface area contributed by atoms with Gasteiger partial charge in [0, 0.05) is 0 Å². The molecule has 0 aromatic heterocycles. The zero-order valence-electron chi connectivity index (χ0n) is 27.2. The summed E-state index contributed by atoms with van der Waals surface area (Å²) in [6.45, 7) is 4.13. The van der Waals surface area contributed by atoms with Gasteiger partial charge in [-0.1, -0.05) is 167 Å². The summed E-state index contributed by atoms with van der Waals surface area (Å²) in [5.41, 5.74) is 0. The standard InChI is InChI=1S/C36H69NO4/c1-3-5-7-9-11-13-15-17-18-19-21-23-25-27-29-31-35(40)36(41)37-33(32-38)34(39)30-28-26-24-22-20-16-14-12-10-8-6-4-2/h20,22,28,30,33-35,38-40H,3-19,21,23-27,29,31-32H2,1-2H3,(H,37,41)/b22-20+,30-28+. The molecule has 0 aromatic rings. The molecule has 3 atom stereocenters. The third kappa shape index (κ3) is 27.4. The molecule has 0 bridgehead atoms. The van der Waals surface area contributed by atoms with Crippen LogP contribution in [-0.2, 0) is 4.79 Å². The lowest BCUT2D eigenvalue weighted by Gasteiger charge is -2.21. The van der Waals surface area contributed by atoms with Crippen LogP contribution in [0.5, 0.6) is 0 Å². The Hall–Kier alpha value is -1.17. The van der Waals surface area contributed by atoms with Crippen LogP contribution in [0.4, 0.5) is 0 Å². The molecule has 1 amide bonds. The minimum absolute atomic E-state index is 0.374. The topological polar surface area (TPSA) is 89.8 Å². The lowest BCUT2D eigenvalue weighted by molar-refractivity contribution is -0.131. The monoisotopic (exact) mass is 580 g/mol. The van der Waals surface area contributed by atoms with Gasteiger partial charge in [0.25, 0.3) is 0 Å². The van der Waals surface area contributed by atoms with E-state index in [1.807, 2.05) is 6.08 Å². The number of aliphatic hydroxyl groups is 3. The van der Waals surface area contributed by atoms with E-state index in [1.54, 1.807) is 6.08 Å². The van der Waals surface area contributed by atoms with Gasteiger partial charge in [0.2, 0.25) is 5.91 Å². The van der Waals surface area contributed by atoms with Crippen molar-refractivity contribution in [1.29, 1.82) is 0 Å². The van der Waals surface area contributed by atoms with E-state index in [2.05, 4.69) is 31.3 Å². The smallest absolute Gasteiger partial charge is 0.249 e. The Bertz CT molecular complexity index is 606. The minimum atomic E-state index is -1.10. The zero-order chi connectivity index (χ0) is 30.2. The SMILES string of the molecule is CCCCCCCC/C=C/CC/C=C/C(O)C(CO)NC(=O)C(O)CCCCCCCCCCCCCCCCC. The van der Waals surface area contributed by atoms with Gasteiger partial charge >= 0.3 is 0 Å². The second-order valence-corrected chi connectivity index (χ2v) is 12.1. The van der Waals surface area contributed by atoms with Crippen LogP contribution in [-0.4, -0.2) is 46.1 Å². The highest BCUT2D eigenvalue weighted by atomic mass is 16.3. The number of hydrogen-bond acceptors (Lipinski definition) is 4. The molecule has 4 N–H and O–H groups in total. The molecule has 0 rings (SSSR count). The fraction of sp³-hybridized carbons (Fsp3) is 0.861. The Kier molecular flexibility index (Phi) is 30.9. The number of amides is 1. The van der Waals surface area contributed by atoms with E-state index >= 15 is 0 Å². The predicted molar refractivity (Wildman–Crippen MR) is 176 cm³/mol. The van der Waals surface area contributed by atoms with E-state index in [0.717, 1.165) is 38.5 Å². The van der Waals surface area contributed by atoms with Crippen LogP contribution < -0.4 is 5.32 Å². The van der Waals surface area contributed by atoms with E-state index in [4.69, 9.17) is 0 Å². The summed E-state index contributed by atoms with van der Waals surface area (Å²) in [6.07, 6.45) is 36.2. The molecule has 41 heavy (non-hydrogen) atoms. The van der Waals surface area contributed by atoms with Gasteiger partial charge in [0.05, 0.1) is 18.8 Å². The van der Waals surface area contributed by atoms with Gasteiger partial charge in [0.15, 0.2) is 0 Å². The Morgan fingerprint density at radius 1 is 0.585 bits per heavy atom. The summed E-state index contributed by atoms with van der Waals surface area (Å²) in [5, 5.41) is 32.8. The van der Waals surface area contributed by atoms with E-state index in [-0.39, 0.29) is 6.61 Å². The molecule has 0 aliphatic heterocycles. The number of carbonyl (C=O) groups excluding carboxylic acids is 1. The van der Waals surface area contributed by atoms with Crippen molar-refractivity contribution in [2.75, 3.05) is 6.61 Å². The number of allylic oxidation sites excluding steroid dienone is 3. The van der Waals surface area contributed by atoms with E-state index < -0.39 is 24.2 Å². The summed E-state index contributed by atoms with van der Waals surface area (Å²) >= 11 is 0. The molecule has 0 saturated carbocycles. The van der Waals surface area contributed by atoms with Crippen molar-refractivity contribution in [3.8, 4) is 0 Å². The van der Waals surface area contributed by atoms with Crippen molar-refractivity contribution in [2.24, 2.45) is 0 Å². The van der Waals surface area contributed by atoms with E-state index in [9.17, 15) is 20.1 Å². The van der Waals surface area contributed by atoms with Crippen LogP contribution in [0, 0.1) is 0 Å². The van der Waals surface area contributed by atoms with Crippen molar-refractivity contribution in [1.82, 2.24) is 5.32 Å². The maximum atomic E-state index is 12.4. The lowest BCUT2D eigenvalue weighted by atomic mass is 10.0. The van der Waals surface area contributed by atoms with Gasteiger partial charge in [-0.3, -0.25) is 4.79 Å². The number of carbonyl (C=O) groups is 1. The summed E-state index contributed by atoms with van der Waals surface area (Å²) in [6, 6.07) is -0.808. The molecule has 242 valence electrons. The van der Waals surface area contributed by atoms with Crippen LogP contribution in [0.1, 0.15) is 174 Å². The third-order valence-electron chi connectivity index (χ3n) is 8.04. The van der Waals surface area contributed by atoms with Crippen molar-refractivity contribution >= 4 is 5.91 Å². The second-order valence-electron chi connectivity index (χ2n) is 12.1. The first-order chi connectivity index (χ1) is 20.1. The molecule has 0 heterocycles. The van der Waals surface area contributed by atoms with Gasteiger partial charge < -0.3 is 20.6 Å². The molecule has 0 aliphatic carbocycles. The van der Waals surface area contributed by atoms with Gasteiger partial charge in [-0.25, -0.2) is 0 Å². The molecular weight excluding hydrogens is 510 g/mol. The molecule has 0 saturated heterocycles. The van der Waals surface area contributed by atoms with Crippen molar-refractivity contribution in [3.63, 3.8) is 0 Å². The Morgan fingerprint density at radius 2 is 1.00 bits per heavy atom. The second kappa shape index (κ2) is 31.8. The van der Waals surface area contributed by atoms with Crippen LogP contribution >= 0.6 is 0 Å². The average molecular weight is 580 g/mol. The van der Waals surface area contributed by atoms with E-state index in [0.29, 0.717) is 6.42 Å². The first kappa shape index (κ1) is 39.8. The average Bonchev–Trinajstić information content (AvgIpc) is 2.98. The van der Waals surface area contributed by atoms with Gasteiger partial charge in [-0.05, 0) is 32.1 Å². The summed E-state index contributed by atoms with van der Waals surface area (Å²) in [5.74, 6) is -0.514. The van der Waals surface area contributed by atoms with Gasteiger partial charge in [0.1, 0.15) is 6.10 Å². The van der Waals surface area contributed by atoms with E-state index in [1.165, 1.54) is 116 Å². The maximum absolute atomic E-state index is 12.4. The van der Waals surface area contributed by atoms with Crippen LogP contribution in [0.2, 0.25) is 0 Å². The third-order valence-corrected chi connectivity index (χ3v) is 8.04. The molecule has 5 nitrogen and oxygen atoms in total. The van der Waals surface area contributed by atoms with Crippen LogP contribution in [0.15, 0.2) is 24.3 Å². The molecule has 0 spiro atoms. The minimum Gasteiger partial charge on any atom is -0.394 e. The maximum Gasteiger partial charge on any atom is 0.249 e. The van der Waals surface area contributed by atoms with Crippen molar-refractivity contribution < 1.29 is 20.1 Å². The van der Waals surface area contributed by atoms with Crippen LogP contribution in [0.25, 0.3) is 0 Å². The largest absolute Gasteiger partial charge is 0.394 e. The summed E-state index contributed by atoms with van der Waals surface area (Å²) < 4.78 is 0. The highest BCUT2D eigenvalue weighted by Gasteiger charge is 2.22. The molecule has 0 radical (unpaired) electrons. The normalized spacial score (nSPS) is 14.2. The fourth-order valence-corrected chi connectivity index (χ4v) is 5.20. The van der Waals surface area contributed by atoms with Crippen molar-refractivity contribution in [3.05, 3.63) is 24.3 Å². The Morgan fingerprint density at radius 3 is 1.49 bits per heavy atom. The fourth-order valence-electron chi connectivity index (χ4n) is 5.20. The first-order valence-electron chi connectivity index (χ1n) is 17.7. The number of aliphatic hydroxyl groups excluding tert-OH is 3. The van der Waals surface area contributed by atoms with Gasteiger partial charge in [-0.15, -0.1) is 0 Å². The molecule has 0 aliphatic rings. The molecular formula is C36H69NO4. The first-order valence-corrected chi connectivity index (χ1v) is 17.7. The number of hydrogen-bond donors (Lipinski definition) is 4. The molecule has 3 unspecified atom stereocenters. The van der Waals surface area contributed by atoms with Crippen LogP contribution in [0.3, 0.4) is 0 Å². The number of nitrogens with one attached hydrogen (secondary N) is 1.